The normalized spacial score (nSPS) is 9.80. The lowest BCUT2D eigenvalue weighted by Crippen LogP contribution is -2.12. The Morgan fingerprint density at radius 2 is 2.07 bits per heavy atom. The van der Waals surface area contributed by atoms with E-state index in [4.69, 9.17) is 11.6 Å². The number of nitrogens with one attached hydrogen (secondary N) is 1. The molecule has 15 heavy (non-hydrogen) atoms. The molecule has 0 spiro atoms. The number of aryl methyl sites for hydroxylation is 1. The highest BCUT2D eigenvalue weighted by Crippen LogP contribution is 2.15. The van der Waals surface area contributed by atoms with Gasteiger partial charge in [-0.2, -0.15) is 0 Å². The third-order valence-electron chi connectivity index (χ3n) is 2.01. The molecule has 0 aliphatic rings. The van der Waals surface area contributed by atoms with Gasteiger partial charge in [-0.15, -0.1) is 11.6 Å². The SMILES string of the molecule is CC(=O)c1ccc(NC(=O)CCl)cc1C. The number of anilines is 1. The van der Waals surface area contributed by atoms with Gasteiger partial charge in [0.15, 0.2) is 5.78 Å². The van der Waals surface area contributed by atoms with E-state index in [1.54, 1.807) is 18.2 Å². The van der Waals surface area contributed by atoms with Crippen LogP contribution >= 0.6 is 11.6 Å². The van der Waals surface area contributed by atoms with E-state index in [1.807, 2.05) is 6.92 Å². The number of benzene rings is 1. The third-order valence-corrected chi connectivity index (χ3v) is 2.25. The van der Waals surface area contributed by atoms with Crippen LogP contribution in [0.5, 0.6) is 0 Å². The van der Waals surface area contributed by atoms with Gasteiger partial charge in [0, 0.05) is 11.3 Å². The van der Waals surface area contributed by atoms with Gasteiger partial charge in [-0.1, -0.05) is 0 Å². The maximum atomic E-state index is 11.1. The Morgan fingerprint density at radius 3 is 2.53 bits per heavy atom. The van der Waals surface area contributed by atoms with Crippen LogP contribution in [0, 0.1) is 6.92 Å². The zero-order valence-corrected chi connectivity index (χ0v) is 9.39. The Hall–Kier alpha value is -1.35. The molecule has 0 heterocycles. The van der Waals surface area contributed by atoms with Crippen LogP contribution in [0.25, 0.3) is 0 Å². The van der Waals surface area contributed by atoms with Crippen LogP contribution in [-0.4, -0.2) is 17.6 Å². The molecule has 0 aromatic heterocycles. The summed E-state index contributed by atoms with van der Waals surface area (Å²) < 4.78 is 0. The number of hydrogen-bond acceptors (Lipinski definition) is 2. The van der Waals surface area contributed by atoms with Gasteiger partial charge < -0.3 is 5.32 Å². The quantitative estimate of drug-likeness (QED) is 0.634. The molecule has 0 atom stereocenters. The highest BCUT2D eigenvalue weighted by atomic mass is 35.5. The fourth-order valence-corrected chi connectivity index (χ4v) is 1.40. The number of carbonyl (C=O) groups excluding carboxylic acids is 2. The van der Waals surface area contributed by atoms with Crippen molar-refractivity contribution < 1.29 is 9.59 Å². The molecular formula is C11H12ClNO2. The number of Topliss-reactive ketones (excluding diaryl/α,β-unsaturated/α-hetero) is 1. The summed E-state index contributed by atoms with van der Waals surface area (Å²) in [4.78, 5) is 22.1. The molecule has 0 saturated carbocycles. The molecule has 0 saturated heterocycles. The summed E-state index contributed by atoms with van der Waals surface area (Å²) in [6, 6.07) is 5.14. The molecule has 1 rings (SSSR count). The van der Waals surface area contributed by atoms with Gasteiger partial charge in [0.25, 0.3) is 0 Å². The topological polar surface area (TPSA) is 46.2 Å². The van der Waals surface area contributed by atoms with Crippen LogP contribution in [-0.2, 0) is 4.79 Å². The molecule has 1 aromatic carbocycles. The molecule has 3 nitrogen and oxygen atoms in total. The molecule has 80 valence electrons. The second kappa shape index (κ2) is 4.94. The van der Waals surface area contributed by atoms with Gasteiger partial charge in [-0.25, -0.2) is 0 Å². The molecular weight excluding hydrogens is 214 g/mol. The number of alkyl halides is 1. The maximum absolute atomic E-state index is 11.1. The number of carbonyl (C=O) groups is 2. The van der Waals surface area contributed by atoms with E-state index in [0.717, 1.165) is 5.56 Å². The number of hydrogen-bond donors (Lipinski definition) is 1. The van der Waals surface area contributed by atoms with Crippen molar-refractivity contribution in [2.45, 2.75) is 13.8 Å². The summed E-state index contributed by atoms with van der Waals surface area (Å²) in [6.07, 6.45) is 0. The maximum Gasteiger partial charge on any atom is 0.239 e. The van der Waals surface area contributed by atoms with E-state index >= 15 is 0 Å². The summed E-state index contributed by atoms with van der Waals surface area (Å²) in [5, 5.41) is 2.62. The first-order valence-corrected chi connectivity index (χ1v) is 5.05. The van der Waals surface area contributed by atoms with Crippen molar-refractivity contribution in [3.63, 3.8) is 0 Å². The molecule has 0 radical (unpaired) electrons. The lowest BCUT2D eigenvalue weighted by molar-refractivity contribution is -0.113. The van der Waals surface area contributed by atoms with E-state index in [-0.39, 0.29) is 17.6 Å². The lowest BCUT2D eigenvalue weighted by Gasteiger charge is -2.06. The number of rotatable bonds is 3. The van der Waals surface area contributed by atoms with E-state index < -0.39 is 0 Å². The minimum absolute atomic E-state index is 0.0164. The predicted octanol–water partition coefficient (Wildman–Crippen LogP) is 2.37. The molecule has 0 fully saturated rings. The Kier molecular flexibility index (Phi) is 3.86. The van der Waals surface area contributed by atoms with E-state index in [0.29, 0.717) is 11.3 Å². The van der Waals surface area contributed by atoms with Gasteiger partial charge in [0.05, 0.1) is 0 Å². The summed E-state index contributed by atoms with van der Waals surface area (Å²) in [7, 11) is 0. The number of ketones is 1. The Labute approximate surface area is 93.4 Å². The second-order valence-corrected chi connectivity index (χ2v) is 3.53. The van der Waals surface area contributed by atoms with Crippen LogP contribution in [0.3, 0.4) is 0 Å². The minimum atomic E-state index is -0.258. The summed E-state index contributed by atoms with van der Waals surface area (Å²) in [5.41, 5.74) is 2.16. The molecule has 0 aliphatic carbocycles. The first-order valence-electron chi connectivity index (χ1n) is 4.52. The van der Waals surface area contributed by atoms with Gasteiger partial charge in [0.2, 0.25) is 5.91 Å². The van der Waals surface area contributed by atoms with Gasteiger partial charge >= 0.3 is 0 Å². The molecule has 4 heteroatoms. The first kappa shape index (κ1) is 11.7. The van der Waals surface area contributed by atoms with E-state index in [2.05, 4.69) is 5.32 Å². The van der Waals surface area contributed by atoms with Crippen LogP contribution in [0.1, 0.15) is 22.8 Å². The van der Waals surface area contributed by atoms with Crippen molar-refractivity contribution in [3.05, 3.63) is 29.3 Å². The molecule has 1 aromatic rings. The fourth-order valence-electron chi connectivity index (χ4n) is 1.33. The largest absolute Gasteiger partial charge is 0.325 e. The predicted molar refractivity (Wildman–Crippen MR) is 60.5 cm³/mol. The molecule has 0 aliphatic heterocycles. The van der Waals surface area contributed by atoms with Crippen molar-refractivity contribution in [2.24, 2.45) is 0 Å². The highest BCUT2D eigenvalue weighted by molar-refractivity contribution is 6.29. The lowest BCUT2D eigenvalue weighted by atomic mass is 10.1. The summed E-state index contributed by atoms with van der Waals surface area (Å²) in [6.45, 7) is 3.34. The van der Waals surface area contributed by atoms with Crippen molar-refractivity contribution in [3.8, 4) is 0 Å². The zero-order valence-electron chi connectivity index (χ0n) is 8.63. The standard InChI is InChI=1S/C11H12ClNO2/c1-7-5-9(13-11(15)6-12)3-4-10(7)8(2)14/h3-5H,6H2,1-2H3,(H,13,15). The average molecular weight is 226 g/mol. The molecule has 1 N–H and O–H groups in total. The smallest absolute Gasteiger partial charge is 0.239 e. The van der Waals surface area contributed by atoms with Crippen molar-refractivity contribution in [1.82, 2.24) is 0 Å². The summed E-state index contributed by atoms with van der Waals surface area (Å²) >= 11 is 5.36. The van der Waals surface area contributed by atoms with Crippen molar-refractivity contribution >= 4 is 29.0 Å². The van der Waals surface area contributed by atoms with Crippen LogP contribution < -0.4 is 5.32 Å². The average Bonchev–Trinajstić information content (AvgIpc) is 2.17. The molecule has 1 amide bonds. The molecule has 0 bridgehead atoms. The van der Waals surface area contributed by atoms with Crippen molar-refractivity contribution in [1.29, 1.82) is 0 Å². The van der Waals surface area contributed by atoms with Gasteiger partial charge in [0.1, 0.15) is 5.88 Å². The van der Waals surface area contributed by atoms with Crippen molar-refractivity contribution in [2.75, 3.05) is 11.2 Å². The molecule has 0 unspecified atom stereocenters. The van der Waals surface area contributed by atoms with Crippen LogP contribution in [0.4, 0.5) is 5.69 Å². The number of amides is 1. The highest BCUT2D eigenvalue weighted by Gasteiger charge is 2.05. The Balaban J connectivity index is 2.91. The Morgan fingerprint density at radius 1 is 1.40 bits per heavy atom. The van der Waals surface area contributed by atoms with Gasteiger partial charge in [-0.05, 0) is 37.6 Å². The zero-order chi connectivity index (χ0) is 11.4. The second-order valence-electron chi connectivity index (χ2n) is 3.27. The summed E-state index contributed by atoms with van der Waals surface area (Å²) in [5.74, 6) is -0.317. The van der Waals surface area contributed by atoms with E-state index in [9.17, 15) is 9.59 Å². The minimum Gasteiger partial charge on any atom is -0.325 e. The van der Waals surface area contributed by atoms with Crippen LogP contribution in [0.2, 0.25) is 0 Å². The first-order chi connectivity index (χ1) is 7.04. The van der Waals surface area contributed by atoms with Gasteiger partial charge in [-0.3, -0.25) is 9.59 Å². The fraction of sp³-hybridized carbons (Fsp3) is 0.273. The monoisotopic (exact) mass is 225 g/mol. The van der Waals surface area contributed by atoms with E-state index in [1.165, 1.54) is 6.92 Å². The van der Waals surface area contributed by atoms with Crippen LogP contribution in [0.15, 0.2) is 18.2 Å². The Bertz CT molecular complexity index is 402. The number of halogens is 1. The third kappa shape index (κ3) is 3.06.